The molecule has 0 bridgehead atoms. The molecule has 0 amide bonds. The summed E-state index contributed by atoms with van der Waals surface area (Å²) < 4.78 is 277. The van der Waals surface area contributed by atoms with Crippen molar-refractivity contribution < 1.29 is 92.2 Å². The molecule has 0 N–H and O–H groups in total. The molecule has 0 atom stereocenters. The van der Waals surface area contributed by atoms with E-state index in [1.165, 1.54) is 0 Å². The molecule has 0 nitrogen and oxygen atoms in total. The van der Waals surface area contributed by atoms with Crippen molar-refractivity contribution in [3.8, 4) is 0 Å². The lowest BCUT2D eigenvalue weighted by Gasteiger charge is -2.44. The highest BCUT2D eigenvalue weighted by atomic mass is 19.4. The van der Waals surface area contributed by atoms with Gasteiger partial charge in [0.2, 0.25) is 0 Å². The molecule has 0 rings (SSSR count). The SMILES string of the molecule is C=C(C)C(=C)CC(F)(F)C(F)(F)C(F)(F)C(F)(F)C(F)(F)C(F)(F)C(F)(F)C(F)(F)C(F)(F)C(F)(F)F. The highest BCUT2D eigenvalue weighted by Crippen LogP contribution is 2.66. The highest BCUT2D eigenvalue weighted by Gasteiger charge is 2.97. The van der Waals surface area contributed by atoms with Gasteiger partial charge < -0.3 is 0 Å². The minimum atomic E-state index is -9.17. The predicted molar refractivity (Wildman–Crippen MR) is 79.1 cm³/mol. The largest absolute Gasteiger partial charge is 0.460 e. The maximum absolute atomic E-state index is 13.7. The van der Waals surface area contributed by atoms with Crippen LogP contribution in [-0.2, 0) is 0 Å². The molecule has 0 spiro atoms. The number of halogens is 21. The van der Waals surface area contributed by atoms with Gasteiger partial charge in [0.25, 0.3) is 0 Å². The third kappa shape index (κ3) is 4.50. The predicted octanol–water partition coefficient (Wildman–Crippen LogP) is 8.79. The standard InChI is InChI=1S/C16H9F21/c1-5(2)6(3)4-7(17,18)8(19,20)9(21,22)10(23,24)11(25,26)12(27,28)13(29,30)14(31,32)15(33,34)16(35,36)37/h1,3-4H2,2H3. The van der Waals surface area contributed by atoms with E-state index in [1.807, 2.05) is 0 Å². The molecule has 37 heavy (non-hydrogen) atoms. The summed E-state index contributed by atoms with van der Waals surface area (Å²) in [5, 5.41) is 0. The molecule has 0 aromatic carbocycles. The minimum Gasteiger partial charge on any atom is -0.199 e. The summed E-state index contributed by atoms with van der Waals surface area (Å²) in [5.74, 6) is -76.9. The van der Waals surface area contributed by atoms with Crippen LogP contribution in [0.25, 0.3) is 0 Å². The quantitative estimate of drug-likeness (QED) is 0.164. The molecular formula is C16H9F21. The Labute approximate surface area is 190 Å². The maximum atomic E-state index is 13.7. The molecular weight excluding hydrogens is 591 g/mol. The summed E-state index contributed by atoms with van der Waals surface area (Å²) >= 11 is 0. The first-order chi connectivity index (χ1) is 15.6. The molecule has 0 saturated heterocycles. The van der Waals surface area contributed by atoms with Crippen molar-refractivity contribution in [2.45, 2.75) is 72.8 Å². The van der Waals surface area contributed by atoms with Crippen molar-refractivity contribution >= 4 is 0 Å². The van der Waals surface area contributed by atoms with E-state index in [2.05, 4.69) is 13.2 Å². The van der Waals surface area contributed by atoms with Crippen molar-refractivity contribution in [1.29, 1.82) is 0 Å². The molecule has 0 unspecified atom stereocenters. The van der Waals surface area contributed by atoms with E-state index in [0.717, 1.165) is 0 Å². The first-order valence-electron chi connectivity index (χ1n) is 8.38. The fourth-order valence-electron chi connectivity index (χ4n) is 2.12. The van der Waals surface area contributed by atoms with Crippen LogP contribution in [0.3, 0.4) is 0 Å². The van der Waals surface area contributed by atoms with Crippen LogP contribution >= 0.6 is 0 Å². The Balaban J connectivity index is 7.05. The van der Waals surface area contributed by atoms with E-state index in [1.54, 1.807) is 0 Å². The molecule has 0 saturated carbocycles. The van der Waals surface area contributed by atoms with Crippen molar-refractivity contribution in [2.24, 2.45) is 0 Å². The lowest BCUT2D eigenvalue weighted by molar-refractivity contribution is -0.474. The lowest BCUT2D eigenvalue weighted by Crippen LogP contribution is -2.76. The fraction of sp³-hybridized carbons (Fsp3) is 0.750. The number of rotatable bonds is 11. The smallest absolute Gasteiger partial charge is 0.199 e. The topological polar surface area (TPSA) is 0 Å². The van der Waals surface area contributed by atoms with Crippen LogP contribution in [0, 0.1) is 0 Å². The summed E-state index contributed by atoms with van der Waals surface area (Å²) in [6, 6.07) is 0. The number of allylic oxidation sites excluding steroid dienone is 2. The Morgan fingerprint density at radius 3 is 0.838 bits per heavy atom. The second-order valence-electron chi connectivity index (χ2n) is 7.36. The van der Waals surface area contributed by atoms with Crippen LogP contribution in [0.5, 0.6) is 0 Å². The Bertz CT molecular complexity index is 887. The molecule has 0 radical (unpaired) electrons. The van der Waals surface area contributed by atoms with Gasteiger partial charge in [-0.3, -0.25) is 0 Å². The molecule has 0 aliphatic heterocycles. The van der Waals surface area contributed by atoms with Crippen LogP contribution in [0.1, 0.15) is 13.3 Å². The zero-order valence-electron chi connectivity index (χ0n) is 17.1. The fourth-order valence-corrected chi connectivity index (χ4v) is 2.12. The third-order valence-corrected chi connectivity index (χ3v) is 4.61. The summed E-state index contributed by atoms with van der Waals surface area (Å²) in [4.78, 5) is 0. The molecule has 21 heteroatoms. The van der Waals surface area contributed by atoms with Crippen LogP contribution in [0.2, 0.25) is 0 Å². The molecule has 0 aromatic rings. The maximum Gasteiger partial charge on any atom is 0.460 e. The molecule has 0 aromatic heterocycles. The van der Waals surface area contributed by atoms with Gasteiger partial charge in [-0.05, 0) is 12.5 Å². The second kappa shape index (κ2) is 8.77. The summed E-state index contributed by atoms with van der Waals surface area (Å²) in [6.45, 7) is 5.95. The summed E-state index contributed by atoms with van der Waals surface area (Å²) in [7, 11) is 0. The molecule has 220 valence electrons. The van der Waals surface area contributed by atoms with E-state index in [4.69, 9.17) is 0 Å². The van der Waals surface area contributed by atoms with E-state index in [9.17, 15) is 92.2 Å². The summed E-state index contributed by atoms with van der Waals surface area (Å²) in [6.07, 6.45) is -10.9. The normalized spacial score (nSPS) is 16.2. The van der Waals surface area contributed by atoms with Crippen LogP contribution in [0.15, 0.2) is 24.3 Å². The van der Waals surface area contributed by atoms with Gasteiger partial charge in [0.05, 0.1) is 0 Å². The van der Waals surface area contributed by atoms with Crippen LogP contribution < -0.4 is 0 Å². The van der Waals surface area contributed by atoms with Gasteiger partial charge in [0, 0.05) is 6.42 Å². The van der Waals surface area contributed by atoms with Gasteiger partial charge >= 0.3 is 59.5 Å². The Morgan fingerprint density at radius 2 is 0.622 bits per heavy atom. The first kappa shape index (κ1) is 35.0. The Morgan fingerprint density at radius 1 is 0.405 bits per heavy atom. The van der Waals surface area contributed by atoms with Gasteiger partial charge in [-0.25, -0.2) is 0 Å². The average molecular weight is 600 g/mol. The van der Waals surface area contributed by atoms with Crippen molar-refractivity contribution in [2.75, 3.05) is 0 Å². The summed E-state index contributed by atoms with van der Waals surface area (Å²) in [5.41, 5.74) is -2.13. The molecule has 0 aliphatic carbocycles. The van der Waals surface area contributed by atoms with Gasteiger partial charge in [0.1, 0.15) is 0 Å². The van der Waals surface area contributed by atoms with E-state index in [0.29, 0.717) is 6.92 Å². The highest BCUT2D eigenvalue weighted by molar-refractivity contribution is 5.26. The van der Waals surface area contributed by atoms with Crippen molar-refractivity contribution in [3.05, 3.63) is 24.3 Å². The molecule has 0 aliphatic rings. The molecule has 0 fully saturated rings. The minimum absolute atomic E-state index is 0.664. The third-order valence-electron chi connectivity index (χ3n) is 4.61. The number of hydrogen-bond donors (Lipinski definition) is 0. The second-order valence-corrected chi connectivity index (χ2v) is 7.36. The van der Waals surface area contributed by atoms with Gasteiger partial charge in [-0.15, -0.1) is 0 Å². The first-order valence-corrected chi connectivity index (χ1v) is 8.38. The lowest BCUT2D eigenvalue weighted by atomic mass is 9.85. The monoisotopic (exact) mass is 600 g/mol. The zero-order valence-corrected chi connectivity index (χ0v) is 17.1. The van der Waals surface area contributed by atoms with E-state index < -0.39 is 77.0 Å². The molecule has 0 heterocycles. The van der Waals surface area contributed by atoms with Crippen molar-refractivity contribution in [1.82, 2.24) is 0 Å². The van der Waals surface area contributed by atoms with Crippen LogP contribution in [-0.4, -0.2) is 59.5 Å². The van der Waals surface area contributed by atoms with Crippen molar-refractivity contribution in [3.63, 3.8) is 0 Å². The number of hydrogen-bond acceptors (Lipinski definition) is 0. The zero-order chi connectivity index (χ0) is 30.9. The van der Waals surface area contributed by atoms with Gasteiger partial charge in [0.15, 0.2) is 0 Å². The number of alkyl halides is 21. The van der Waals surface area contributed by atoms with E-state index >= 15 is 0 Å². The Kier molecular flexibility index (Phi) is 8.30. The van der Waals surface area contributed by atoms with Crippen LogP contribution in [0.4, 0.5) is 92.2 Å². The van der Waals surface area contributed by atoms with Gasteiger partial charge in [-0.2, -0.15) is 92.2 Å². The Hall–Kier alpha value is -1.99. The van der Waals surface area contributed by atoms with E-state index in [-0.39, 0.29) is 0 Å². The average Bonchev–Trinajstić information content (AvgIpc) is 2.65. The van der Waals surface area contributed by atoms with Gasteiger partial charge in [-0.1, -0.05) is 18.7 Å².